The third-order valence-electron chi connectivity index (χ3n) is 3.26. The number of aromatic amines is 1. The molecule has 0 fully saturated rings. The van der Waals surface area contributed by atoms with Crippen LogP contribution in [0.25, 0.3) is 10.9 Å². The Kier molecular flexibility index (Phi) is 2.99. The van der Waals surface area contributed by atoms with Gasteiger partial charge in [0.1, 0.15) is 5.82 Å². The molecule has 0 bridgehead atoms. The first-order valence-corrected chi connectivity index (χ1v) is 6.29. The van der Waals surface area contributed by atoms with Crippen molar-refractivity contribution in [1.29, 1.82) is 0 Å². The van der Waals surface area contributed by atoms with Crippen molar-refractivity contribution in [3.63, 3.8) is 0 Å². The first-order valence-electron chi connectivity index (χ1n) is 6.29. The highest BCUT2D eigenvalue weighted by molar-refractivity contribution is 6.11. The van der Waals surface area contributed by atoms with E-state index >= 15 is 0 Å². The molecule has 2 N–H and O–H groups in total. The summed E-state index contributed by atoms with van der Waals surface area (Å²) in [7, 11) is 0. The van der Waals surface area contributed by atoms with Crippen molar-refractivity contribution in [2.24, 2.45) is 0 Å². The molecule has 1 heterocycles. The monoisotopic (exact) mass is 268 g/mol. The van der Waals surface area contributed by atoms with Crippen LogP contribution in [0.2, 0.25) is 0 Å². The van der Waals surface area contributed by atoms with Crippen LogP contribution in [0.3, 0.4) is 0 Å². The molecule has 0 aliphatic rings. The fourth-order valence-electron chi connectivity index (χ4n) is 2.14. The predicted octanol–water partition coefficient (Wildman–Crippen LogP) is 3.87. The first-order chi connectivity index (χ1) is 9.65. The molecule has 2 aromatic carbocycles. The molecule has 4 heteroatoms. The number of hydrogen-bond donors (Lipinski definition) is 2. The van der Waals surface area contributed by atoms with Gasteiger partial charge in [-0.2, -0.15) is 0 Å². The van der Waals surface area contributed by atoms with E-state index in [9.17, 15) is 9.18 Å². The summed E-state index contributed by atoms with van der Waals surface area (Å²) >= 11 is 0. The third-order valence-corrected chi connectivity index (χ3v) is 3.26. The van der Waals surface area contributed by atoms with E-state index in [2.05, 4.69) is 10.3 Å². The molecule has 0 radical (unpaired) electrons. The topological polar surface area (TPSA) is 44.9 Å². The molecule has 0 aliphatic heterocycles. The van der Waals surface area contributed by atoms with Crippen LogP contribution in [0, 0.1) is 12.7 Å². The maximum absolute atomic E-state index is 13.5. The average Bonchev–Trinajstić information content (AvgIpc) is 2.91. The van der Waals surface area contributed by atoms with E-state index in [1.54, 1.807) is 31.3 Å². The lowest BCUT2D eigenvalue weighted by atomic mass is 10.1. The molecule has 0 atom stereocenters. The molecule has 100 valence electrons. The van der Waals surface area contributed by atoms with E-state index in [0.29, 0.717) is 16.8 Å². The Bertz CT molecular complexity index is 792. The fourth-order valence-corrected chi connectivity index (χ4v) is 2.14. The number of carbonyl (C=O) groups is 1. The van der Waals surface area contributed by atoms with Gasteiger partial charge >= 0.3 is 0 Å². The number of anilines is 1. The van der Waals surface area contributed by atoms with Crippen molar-refractivity contribution >= 4 is 22.5 Å². The molecule has 3 nitrogen and oxygen atoms in total. The van der Waals surface area contributed by atoms with Crippen LogP contribution in [0.4, 0.5) is 10.1 Å². The summed E-state index contributed by atoms with van der Waals surface area (Å²) in [6.45, 7) is 1.68. The Morgan fingerprint density at radius 3 is 2.85 bits per heavy atom. The Morgan fingerprint density at radius 1 is 1.20 bits per heavy atom. The van der Waals surface area contributed by atoms with Gasteiger partial charge in [-0.3, -0.25) is 4.79 Å². The second-order valence-electron chi connectivity index (χ2n) is 4.67. The second-order valence-corrected chi connectivity index (χ2v) is 4.67. The minimum atomic E-state index is -0.333. The van der Waals surface area contributed by atoms with E-state index < -0.39 is 0 Å². The van der Waals surface area contributed by atoms with Crippen LogP contribution in [-0.4, -0.2) is 10.9 Å². The standard InChI is InChI=1S/C16H13FN2O/c1-10-5-6-12(9-14(10)17)19-16(20)13-4-2-3-11-7-8-18-15(11)13/h2-9,18H,1H3,(H,19,20). The molecule has 0 saturated heterocycles. The summed E-state index contributed by atoms with van der Waals surface area (Å²) in [5, 5.41) is 3.67. The Balaban J connectivity index is 1.93. The minimum absolute atomic E-state index is 0.263. The van der Waals surface area contributed by atoms with Gasteiger partial charge in [-0.25, -0.2) is 4.39 Å². The number of benzene rings is 2. The average molecular weight is 268 g/mol. The molecule has 20 heavy (non-hydrogen) atoms. The molecule has 0 spiro atoms. The fraction of sp³-hybridized carbons (Fsp3) is 0.0625. The maximum atomic E-state index is 13.5. The number of hydrogen-bond acceptors (Lipinski definition) is 1. The number of aromatic nitrogens is 1. The Hall–Kier alpha value is -2.62. The summed E-state index contributed by atoms with van der Waals surface area (Å²) in [6.07, 6.45) is 1.78. The van der Waals surface area contributed by atoms with Crippen molar-refractivity contribution in [1.82, 2.24) is 4.98 Å². The molecular formula is C16H13FN2O. The van der Waals surface area contributed by atoms with Gasteiger partial charge in [0, 0.05) is 17.3 Å². The Labute approximate surface area is 115 Å². The van der Waals surface area contributed by atoms with Gasteiger partial charge in [0.05, 0.1) is 11.1 Å². The quantitative estimate of drug-likeness (QED) is 0.728. The normalized spacial score (nSPS) is 10.7. The van der Waals surface area contributed by atoms with Crippen molar-refractivity contribution in [2.75, 3.05) is 5.32 Å². The lowest BCUT2D eigenvalue weighted by Gasteiger charge is -2.07. The van der Waals surface area contributed by atoms with Crippen LogP contribution in [0.1, 0.15) is 15.9 Å². The number of carbonyl (C=O) groups excluding carboxylic acids is 1. The molecule has 1 aromatic heterocycles. The van der Waals surface area contributed by atoms with Crippen molar-refractivity contribution in [3.8, 4) is 0 Å². The number of H-pyrrole nitrogens is 1. The zero-order chi connectivity index (χ0) is 14.1. The van der Waals surface area contributed by atoms with Gasteiger partial charge in [0.2, 0.25) is 0 Å². The number of rotatable bonds is 2. The van der Waals surface area contributed by atoms with Gasteiger partial charge in [-0.05, 0) is 36.8 Å². The Morgan fingerprint density at radius 2 is 2.05 bits per heavy atom. The lowest BCUT2D eigenvalue weighted by Crippen LogP contribution is -2.12. The van der Waals surface area contributed by atoms with Crippen LogP contribution in [0.15, 0.2) is 48.7 Å². The van der Waals surface area contributed by atoms with Crippen LogP contribution >= 0.6 is 0 Å². The van der Waals surface area contributed by atoms with Crippen LogP contribution in [0.5, 0.6) is 0 Å². The summed E-state index contributed by atoms with van der Waals surface area (Å²) in [5.41, 5.74) is 2.31. The van der Waals surface area contributed by atoms with E-state index in [1.165, 1.54) is 6.07 Å². The summed E-state index contributed by atoms with van der Waals surface area (Å²) in [6, 6.07) is 12.0. The summed E-state index contributed by atoms with van der Waals surface area (Å²) < 4.78 is 13.5. The molecule has 3 rings (SSSR count). The number of amides is 1. The SMILES string of the molecule is Cc1ccc(NC(=O)c2cccc3cc[nH]c23)cc1F. The zero-order valence-corrected chi connectivity index (χ0v) is 10.9. The number of para-hydroxylation sites is 1. The van der Waals surface area contributed by atoms with Crippen LogP contribution in [-0.2, 0) is 0 Å². The smallest absolute Gasteiger partial charge is 0.257 e. The summed E-state index contributed by atoms with van der Waals surface area (Å²) in [4.78, 5) is 15.3. The van der Waals surface area contributed by atoms with Crippen molar-refractivity contribution in [2.45, 2.75) is 6.92 Å². The van der Waals surface area contributed by atoms with Gasteiger partial charge in [-0.1, -0.05) is 18.2 Å². The predicted molar refractivity (Wildman–Crippen MR) is 77.4 cm³/mol. The maximum Gasteiger partial charge on any atom is 0.257 e. The molecule has 3 aromatic rings. The van der Waals surface area contributed by atoms with Gasteiger partial charge < -0.3 is 10.3 Å². The highest BCUT2D eigenvalue weighted by atomic mass is 19.1. The lowest BCUT2D eigenvalue weighted by molar-refractivity contribution is 0.102. The first kappa shape index (κ1) is 12.4. The molecular weight excluding hydrogens is 255 g/mol. The van der Waals surface area contributed by atoms with Gasteiger partial charge in [0.15, 0.2) is 0 Å². The number of aryl methyl sites for hydroxylation is 1. The second kappa shape index (κ2) is 4.81. The molecule has 0 saturated carbocycles. The van der Waals surface area contributed by atoms with E-state index in [-0.39, 0.29) is 11.7 Å². The number of fused-ring (bicyclic) bond motifs is 1. The number of halogens is 1. The molecule has 1 amide bonds. The molecule has 0 unspecified atom stereocenters. The highest BCUT2D eigenvalue weighted by Gasteiger charge is 2.11. The largest absolute Gasteiger partial charge is 0.361 e. The highest BCUT2D eigenvalue weighted by Crippen LogP contribution is 2.19. The van der Waals surface area contributed by atoms with Crippen molar-refractivity contribution in [3.05, 3.63) is 65.6 Å². The molecule has 0 aliphatic carbocycles. The van der Waals surface area contributed by atoms with E-state index in [0.717, 1.165) is 10.9 Å². The van der Waals surface area contributed by atoms with Gasteiger partial charge in [0.25, 0.3) is 5.91 Å². The summed E-state index contributed by atoms with van der Waals surface area (Å²) in [5.74, 6) is -0.595. The van der Waals surface area contributed by atoms with Crippen LogP contribution < -0.4 is 5.32 Å². The minimum Gasteiger partial charge on any atom is -0.361 e. The van der Waals surface area contributed by atoms with E-state index in [1.807, 2.05) is 18.2 Å². The van der Waals surface area contributed by atoms with E-state index in [4.69, 9.17) is 0 Å². The zero-order valence-electron chi connectivity index (χ0n) is 10.9. The van der Waals surface area contributed by atoms with Crippen molar-refractivity contribution < 1.29 is 9.18 Å². The van der Waals surface area contributed by atoms with Gasteiger partial charge in [-0.15, -0.1) is 0 Å². The number of nitrogens with one attached hydrogen (secondary N) is 2. The third kappa shape index (κ3) is 2.16.